The van der Waals surface area contributed by atoms with Gasteiger partial charge in [0.25, 0.3) is 0 Å². The van der Waals surface area contributed by atoms with Crippen LogP contribution < -0.4 is 5.32 Å². The first-order chi connectivity index (χ1) is 12.9. The number of hydrogen-bond acceptors (Lipinski definition) is 4. The van der Waals surface area contributed by atoms with Gasteiger partial charge in [-0.25, -0.2) is 8.42 Å². The minimum Gasteiger partial charge on any atom is -0.317 e. The molecule has 2 unspecified atom stereocenters. The molecule has 1 heterocycles. The number of likely N-dealkylation sites (N-methyl/N-ethyl adjacent to an activating group) is 1. The summed E-state index contributed by atoms with van der Waals surface area (Å²) in [6, 6.07) is 15.1. The molecule has 0 aliphatic carbocycles. The Kier molecular flexibility index (Phi) is 6.56. The molecule has 0 spiro atoms. The fraction of sp³-hybridized carbons (Fsp3) is 0.545. The fourth-order valence-corrected chi connectivity index (χ4v) is 6.38. The Bertz CT molecular complexity index is 859. The van der Waals surface area contributed by atoms with E-state index in [1.54, 1.807) is 0 Å². The zero-order valence-electron chi connectivity index (χ0n) is 16.7. The van der Waals surface area contributed by atoms with Crippen LogP contribution in [0, 0.1) is 5.92 Å². The molecular weight excluding hydrogens is 356 g/mol. The highest BCUT2D eigenvalue weighted by atomic mass is 32.2. The van der Waals surface area contributed by atoms with Crippen LogP contribution in [0.2, 0.25) is 0 Å². The molecule has 0 radical (unpaired) electrons. The van der Waals surface area contributed by atoms with Crippen molar-refractivity contribution in [3.8, 4) is 0 Å². The molecule has 2 aromatic rings. The van der Waals surface area contributed by atoms with Gasteiger partial charge in [0.1, 0.15) is 5.37 Å². The molecule has 3 rings (SSSR count). The lowest BCUT2D eigenvalue weighted by molar-refractivity contribution is 0.138. The average Bonchev–Trinajstić information content (AvgIpc) is 2.65. The molecule has 0 bridgehead atoms. The van der Waals surface area contributed by atoms with E-state index < -0.39 is 9.84 Å². The van der Waals surface area contributed by atoms with E-state index in [2.05, 4.69) is 66.5 Å². The maximum Gasteiger partial charge on any atom is 0.163 e. The van der Waals surface area contributed by atoms with Crippen molar-refractivity contribution in [2.75, 3.05) is 25.9 Å². The van der Waals surface area contributed by atoms with E-state index >= 15 is 0 Å². The molecule has 27 heavy (non-hydrogen) atoms. The van der Waals surface area contributed by atoms with E-state index in [1.807, 2.05) is 0 Å². The molecule has 0 aromatic heterocycles. The number of hydrogen-bond donors (Lipinski definition) is 1. The molecule has 0 amide bonds. The van der Waals surface area contributed by atoms with Gasteiger partial charge < -0.3 is 5.32 Å². The van der Waals surface area contributed by atoms with Crippen molar-refractivity contribution in [2.24, 2.45) is 5.92 Å². The second-order valence-electron chi connectivity index (χ2n) is 7.87. The Morgan fingerprint density at radius 3 is 2.41 bits per heavy atom. The largest absolute Gasteiger partial charge is 0.317 e. The molecule has 1 aliphatic rings. The quantitative estimate of drug-likeness (QED) is 0.789. The van der Waals surface area contributed by atoms with Crippen LogP contribution in [0.3, 0.4) is 0 Å². The van der Waals surface area contributed by atoms with Gasteiger partial charge >= 0.3 is 0 Å². The molecule has 2 atom stereocenters. The lowest BCUT2D eigenvalue weighted by atomic mass is 9.95. The van der Waals surface area contributed by atoms with Crippen LogP contribution in [0.1, 0.15) is 32.3 Å². The van der Waals surface area contributed by atoms with Gasteiger partial charge in [-0.3, -0.25) is 4.90 Å². The van der Waals surface area contributed by atoms with E-state index in [1.165, 1.54) is 22.6 Å². The molecule has 5 heteroatoms. The summed E-state index contributed by atoms with van der Waals surface area (Å²) in [5.41, 5.74) is 1.26. The molecule has 1 fully saturated rings. The number of sulfone groups is 1. The van der Waals surface area contributed by atoms with Crippen LogP contribution >= 0.6 is 0 Å². The van der Waals surface area contributed by atoms with Crippen molar-refractivity contribution in [2.45, 2.75) is 44.5 Å². The van der Waals surface area contributed by atoms with Crippen LogP contribution in [0.4, 0.5) is 0 Å². The highest BCUT2D eigenvalue weighted by Crippen LogP contribution is 2.28. The summed E-state index contributed by atoms with van der Waals surface area (Å²) in [7, 11) is -3.15. The van der Waals surface area contributed by atoms with Crippen molar-refractivity contribution in [3.63, 3.8) is 0 Å². The first kappa shape index (κ1) is 20.3. The van der Waals surface area contributed by atoms with E-state index in [0.717, 1.165) is 38.9 Å². The maximum absolute atomic E-state index is 12.7. The predicted octanol–water partition coefficient (Wildman–Crippen LogP) is 3.46. The Labute approximate surface area is 163 Å². The van der Waals surface area contributed by atoms with Crippen molar-refractivity contribution in [1.29, 1.82) is 0 Å². The first-order valence-corrected chi connectivity index (χ1v) is 12.0. The third-order valence-corrected chi connectivity index (χ3v) is 7.36. The van der Waals surface area contributed by atoms with Gasteiger partial charge in [0.2, 0.25) is 0 Å². The number of piperidine rings is 1. The Morgan fingerprint density at radius 1 is 1.11 bits per heavy atom. The highest BCUT2D eigenvalue weighted by molar-refractivity contribution is 7.91. The number of nitrogens with one attached hydrogen (secondary N) is 1. The van der Waals surface area contributed by atoms with Gasteiger partial charge in [-0.1, -0.05) is 49.4 Å². The molecular formula is C22H32N2O2S. The topological polar surface area (TPSA) is 49.4 Å². The SMILES string of the molecule is CCN(C(C)Cc1ccc2ccccc2c1)C(C1CCNCC1)S(C)(=O)=O. The van der Waals surface area contributed by atoms with E-state index in [-0.39, 0.29) is 17.3 Å². The second kappa shape index (κ2) is 8.72. The zero-order chi connectivity index (χ0) is 19.4. The van der Waals surface area contributed by atoms with Gasteiger partial charge in [-0.15, -0.1) is 0 Å². The monoisotopic (exact) mass is 388 g/mol. The summed E-state index contributed by atoms with van der Waals surface area (Å²) < 4.78 is 25.4. The van der Waals surface area contributed by atoms with E-state index in [9.17, 15) is 8.42 Å². The van der Waals surface area contributed by atoms with Crippen LogP contribution in [0.5, 0.6) is 0 Å². The molecule has 0 saturated carbocycles. The summed E-state index contributed by atoms with van der Waals surface area (Å²) in [6.45, 7) is 6.81. The Balaban J connectivity index is 1.82. The van der Waals surface area contributed by atoms with Crippen molar-refractivity contribution in [1.82, 2.24) is 10.2 Å². The number of fused-ring (bicyclic) bond motifs is 1. The Morgan fingerprint density at radius 2 is 1.78 bits per heavy atom. The normalized spacial score (nSPS) is 18.7. The van der Waals surface area contributed by atoms with Gasteiger partial charge in [-0.05, 0) is 68.1 Å². The lowest BCUT2D eigenvalue weighted by Crippen LogP contribution is -2.52. The van der Waals surface area contributed by atoms with Crippen LogP contribution in [0.25, 0.3) is 10.8 Å². The van der Waals surface area contributed by atoms with Gasteiger partial charge in [0.15, 0.2) is 9.84 Å². The molecule has 1 N–H and O–H groups in total. The van der Waals surface area contributed by atoms with Crippen LogP contribution in [0.15, 0.2) is 42.5 Å². The Hall–Kier alpha value is -1.43. The summed E-state index contributed by atoms with van der Waals surface area (Å²) in [5.74, 6) is 0.209. The number of rotatable bonds is 7. The standard InChI is InChI=1S/C22H32N2O2S/c1-4-24(22(27(3,25)26)20-11-13-23-14-12-20)17(2)15-18-9-10-19-7-5-6-8-21(19)16-18/h5-10,16-17,20,22-23H,4,11-15H2,1-3H3. The second-order valence-corrected chi connectivity index (χ2v) is 10.0. The molecule has 1 saturated heterocycles. The lowest BCUT2D eigenvalue weighted by Gasteiger charge is -2.40. The van der Waals surface area contributed by atoms with Gasteiger partial charge in [-0.2, -0.15) is 0 Å². The highest BCUT2D eigenvalue weighted by Gasteiger charge is 2.37. The van der Waals surface area contributed by atoms with Gasteiger partial charge in [0, 0.05) is 12.3 Å². The minimum atomic E-state index is -3.15. The fourth-order valence-electron chi connectivity index (χ4n) is 4.56. The predicted molar refractivity (Wildman–Crippen MR) is 114 cm³/mol. The summed E-state index contributed by atoms with van der Waals surface area (Å²) >= 11 is 0. The summed E-state index contributed by atoms with van der Waals surface area (Å²) in [5, 5.41) is 5.44. The third-order valence-electron chi connectivity index (χ3n) is 5.83. The molecule has 2 aromatic carbocycles. The van der Waals surface area contributed by atoms with E-state index in [4.69, 9.17) is 0 Å². The van der Waals surface area contributed by atoms with Crippen LogP contribution in [-0.4, -0.2) is 50.6 Å². The minimum absolute atomic E-state index is 0.172. The van der Waals surface area contributed by atoms with Gasteiger partial charge in [0.05, 0.1) is 0 Å². The third kappa shape index (κ3) is 4.89. The summed E-state index contributed by atoms with van der Waals surface area (Å²) in [6.07, 6.45) is 4.12. The summed E-state index contributed by atoms with van der Waals surface area (Å²) in [4.78, 5) is 2.21. The van der Waals surface area contributed by atoms with Crippen LogP contribution in [-0.2, 0) is 16.3 Å². The number of nitrogens with zero attached hydrogens (tertiary/aromatic N) is 1. The smallest absolute Gasteiger partial charge is 0.163 e. The van der Waals surface area contributed by atoms with Crippen molar-refractivity contribution < 1.29 is 8.42 Å². The maximum atomic E-state index is 12.7. The first-order valence-electron chi connectivity index (χ1n) is 10.0. The molecule has 148 valence electrons. The van der Waals surface area contributed by atoms with E-state index in [0.29, 0.717) is 0 Å². The number of benzene rings is 2. The average molecular weight is 389 g/mol. The zero-order valence-corrected chi connectivity index (χ0v) is 17.5. The molecule has 4 nitrogen and oxygen atoms in total. The van der Waals surface area contributed by atoms with Crippen molar-refractivity contribution in [3.05, 3.63) is 48.0 Å². The molecule has 1 aliphatic heterocycles. The van der Waals surface area contributed by atoms with Crippen molar-refractivity contribution >= 4 is 20.6 Å².